The predicted octanol–water partition coefficient (Wildman–Crippen LogP) is 6.03. The Morgan fingerprint density at radius 2 is 1.32 bits per heavy atom. The Kier molecular flexibility index (Phi) is 5.58. The second kappa shape index (κ2) is 8.44. The summed E-state index contributed by atoms with van der Waals surface area (Å²) in [6.45, 7) is 0.934. The highest BCUT2D eigenvalue weighted by molar-refractivity contribution is 9.11. The van der Waals surface area contributed by atoms with Crippen LogP contribution in [0.4, 0.5) is 4.79 Å². The summed E-state index contributed by atoms with van der Waals surface area (Å²) < 4.78 is 5.94. The van der Waals surface area contributed by atoms with Crippen molar-refractivity contribution < 1.29 is 9.53 Å². The first-order chi connectivity index (χ1) is 13.8. The lowest BCUT2D eigenvalue weighted by atomic mass is 9.82. The maximum Gasteiger partial charge on any atom is 0.414 e. The molecule has 1 saturated heterocycles. The second-order valence-corrected chi connectivity index (χ2v) is 7.34. The van der Waals surface area contributed by atoms with Crippen molar-refractivity contribution in [3.63, 3.8) is 0 Å². The van der Waals surface area contributed by atoms with Crippen molar-refractivity contribution >= 4 is 27.6 Å². The molecule has 3 nitrogen and oxygen atoms in total. The molecule has 0 spiro atoms. The summed E-state index contributed by atoms with van der Waals surface area (Å²) in [4.78, 5) is 14.0. The van der Waals surface area contributed by atoms with Crippen LogP contribution in [0.2, 0.25) is 0 Å². The van der Waals surface area contributed by atoms with Crippen LogP contribution in [0.3, 0.4) is 0 Å². The minimum absolute atomic E-state index is 0.0347. The van der Waals surface area contributed by atoms with Crippen LogP contribution < -0.4 is 0 Å². The topological polar surface area (TPSA) is 29.5 Å². The standard InChI is InChI=1S/C24H20BrNO2/c25-23(26-16-17-28-24(26)27)22(20-14-8-3-9-15-20)21(18-10-4-1-5-11-18)19-12-6-2-7-13-19/h1-15,21H,16-17H2/b23-22-. The third kappa shape index (κ3) is 3.73. The maximum absolute atomic E-state index is 12.3. The molecule has 1 aliphatic heterocycles. The lowest BCUT2D eigenvalue weighted by Gasteiger charge is -2.26. The number of rotatable bonds is 5. The molecule has 3 aromatic carbocycles. The third-order valence-electron chi connectivity index (χ3n) is 4.86. The van der Waals surface area contributed by atoms with Gasteiger partial charge in [-0.15, -0.1) is 0 Å². The van der Waals surface area contributed by atoms with E-state index in [-0.39, 0.29) is 12.0 Å². The van der Waals surface area contributed by atoms with Gasteiger partial charge in [-0.2, -0.15) is 0 Å². The zero-order valence-electron chi connectivity index (χ0n) is 15.3. The van der Waals surface area contributed by atoms with Gasteiger partial charge in [0.2, 0.25) is 0 Å². The predicted molar refractivity (Wildman–Crippen MR) is 115 cm³/mol. The average Bonchev–Trinajstić information content (AvgIpc) is 3.19. The Morgan fingerprint density at radius 1 is 0.821 bits per heavy atom. The molecule has 1 fully saturated rings. The fourth-order valence-electron chi connectivity index (χ4n) is 3.56. The highest BCUT2D eigenvalue weighted by Crippen LogP contribution is 2.42. The number of amides is 1. The first-order valence-corrected chi connectivity index (χ1v) is 10.0. The van der Waals surface area contributed by atoms with Gasteiger partial charge in [-0.1, -0.05) is 91.0 Å². The summed E-state index contributed by atoms with van der Waals surface area (Å²) in [6.07, 6.45) is -0.319. The smallest absolute Gasteiger partial charge is 0.414 e. The number of benzene rings is 3. The second-order valence-electron chi connectivity index (χ2n) is 6.59. The van der Waals surface area contributed by atoms with E-state index in [0.717, 1.165) is 26.9 Å². The third-order valence-corrected chi connectivity index (χ3v) is 5.71. The monoisotopic (exact) mass is 433 g/mol. The number of hydrogen-bond donors (Lipinski definition) is 0. The van der Waals surface area contributed by atoms with Crippen LogP contribution in [-0.4, -0.2) is 24.1 Å². The molecule has 0 atom stereocenters. The van der Waals surface area contributed by atoms with Gasteiger partial charge in [0.15, 0.2) is 0 Å². The first kappa shape index (κ1) is 18.5. The molecule has 0 radical (unpaired) electrons. The van der Waals surface area contributed by atoms with E-state index in [1.165, 1.54) is 0 Å². The number of cyclic esters (lactones) is 1. The minimum atomic E-state index is -0.319. The van der Waals surface area contributed by atoms with Gasteiger partial charge in [0.05, 0.1) is 11.2 Å². The van der Waals surface area contributed by atoms with Gasteiger partial charge in [0, 0.05) is 11.5 Å². The van der Waals surface area contributed by atoms with Crippen LogP contribution >= 0.6 is 15.9 Å². The van der Waals surface area contributed by atoms with E-state index in [1.807, 2.05) is 54.6 Å². The van der Waals surface area contributed by atoms with E-state index >= 15 is 0 Å². The Morgan fingerprint density at radius 3 is 1.79 bits per heavy atom. The zero-order chi connectivity index (χ0) is 19.3. The molecule has 28 heavy (non-hydrogen) atoms. The van der Waals surface area contributed by atoms with Gasteiger partial charge in [-0.05, 0) is 32.6 Å². The van der Waals surface area contributed by atoms with Crippen molar-refractivity contribution in [1.82, 2.24) is 4.90 Å². The molecule has 0 N–H and O–H groups in total. The van der Waals surface area contributed by atoms with Gasteiger partial charge in [0.25, 0.3) is 0 Å². The fraction of sp³-hybridized carbons (Fsp3) is 0.125. The lowest BCUT2D eigenvalue weighted by molar-refractivity contribution is 0.166. The normalized spacial score (nSPS) is 14.8. The van der Waals surface area contributed by atoms with Gasteiger partial charge in [0.1, 0.15) is 6.61 Å². The maximum atomic E-state index is 12.3. The lowest BCUT2D eigenvalue weighted by Crippen LogP contribution is -2.23. The van der Waals surface area contributed by atoms with Crippen molar-refractivity contribution in [3.8, 4) is 0 Å². The first-order valence-electron chi connectivity index (χ1n) is 9.25. The number of nitrogens with zero attached hydrogens (tertiary/aromatic N) is 1. The van der Waals surface area contributed by atoms with Crippen LogP contribution in [0.5, 0.6) is 0 Å². The van der Waals surface area contributed by atoms with Gasteiger partial charge in [-0.3, -0.25) is 4.90 Å². The summed E-state index contributed by atoms with van der Waals surface area (Å²) in [5, 5.41) is 0. The number of carbonyl (C=O) groups is 1. The van der Waals surface area contributed by atoms with Gasteiger partial charge >= 0.3 is 6.09 Å². The largest absolute Gasteiger partial charge is 0.447 e. The van der Waals surface area contributed by atoms with Crippen molar-refractivity contribution in [1.29, 1.82) is 0 Å². The SMILES string of the molecule is O=C1OCCN1/C(Br)=C(/c1ccccc1)C(c1ccccc1)c1ccccc1. The molecule has 140 valence electrons. The Bertz CT molecular complexity index is 932. The molecule has 1 aliphatic rings. The van der Waals surface area contributed by atoms with Crippen molar-refractivity contribution in [2.75, 3.05) is 13.2 Å². The molecule has 1 amide bonds. The quantitative estimate of drug-likeness (QED) is 0.459. The minimum Gasteiger partial charge on any atom is -0.447 e. The molecule has 0 saturated carbocycles. The Balaban J connectivity index is 1.96. The molecule has 4 heteroatoms. The summed E-state index contributed by atoms with van der Waals surface area (Å²) in [5.74, 6) is -0.0347. The molecule has 0 aliphatic carbocycles. The van der Waals surface area contributed by atoms with Crippen LogP contribution in [0.15, 0.2) is 95.6 Å². The van der Waals surface area contributed by atoms with Crippen molar-refractivity contribution in [3.05, 3.63) is 112 Å². The number of ether oxygens (including phenoxy) is 1. The van der Waals surface area contributed by atoms with Crippen LogP contribution in [-0.2, 0) is 4.74 Å². The van der Waals surface area contributed by atoms with Crippen molar-refractivity contribution in [2.45, 2.75) is 5.92 Å². The molecule has 0 bridgehead atoms. The van der Waals surface area contributed by atoms with Crippen LogP contribution in [0.25, 0.3) is 5.57 Å². The van der Waals surface area contributed by atoms with E-state index in [4.69, 9.17) is 4.74 Å². The van der Waals surface area contributed by atoms with Crippen LogP contribution in [0, 0.1) is 0 Å². The molecule has 1 heterocycles. The zero-order valence-corrected chi connectivity index (χ0v) is 16.9. The Labute approximate surface area is 173 Å². The average molecular weight is 434 g/mol. The molecular weight excluding hydrogens is 414 g/mol. The van der Waals surface area contributed by atoms with E-state index in [9.17, 15) is 4.79 Å². The van der Waals surface area contributed by atoms with Crippen molar-refractivity contribution in [2.24, 2.45) is 0 Å². The van der Waals surface area contributed by atoms with E-state index < -0.39 is 0 Å². The number of hydrogen-bond acceptors (Lipinski definition) is 2. The highest BCUT2D eigenvalue weighted by atomic mass is 79.9. The van der Waals surface area contributed by atoms with E-state index in [0.29, 0.717) is 13.2 Å². The van der Waals surface area contributed by atoms with E-state index in [1.54, 1.807) is 4.90 Å². The summed E-state index contributed by atoms with van der Waals surface area (Å²) in [6, 6.07) is 30.9. The highest BCUT2D eigenvalue weighted by Gasteiger charge is 2.31. The molecule has 0 unspecified atom stereocenters. The fourth-order valence-corrected chi connectivity index (χ4v) is 4.34. The number of halogens is 1. The Hall–Kier alpha value is -2.85. The summed E-state index contributed by atoms with van der Waals surface area (Å²) >= 11 is 3.75. The summed E-state index contributed by atoms with van der Waals surface area (Å²) in [5.41, 5.74) is 4.43. The molecule has 4 rings (SSSR count). The number of allylic oxidation sites excluding steroid dienone is 1. The molecular formula is C24H20BrNO2. The van der Waals surface area contributed by atoms with Crippen LogP contribution in [0.1, 0.15) is 22.6 Å². The van der Waals surface area contributed by atoms with Gasteiger partial charge in [-0.25, -0.2) is 4.79 Å². The van der Waals surface area contributed by atoms with Gasteiger partial charge < -0.3 is 4.74 Å². The molecule has 0 aromatic heterocycles. The summed E-state index contributed by atoms with van der Waals surface area (Å²) in [7, 11) is 0. The number of carbonyl (C=O) groups excluding carboxylic acids is 1. The molecule has 3 aromatic rings. The van der Waals surface area contributed by atoms with E-state index in [2.05, 4.69) is 52.3 Å².